The molecular weight excluding hydrogens is 330 g/mol. The molecule has 1 atom stereocenters. The average molecular weight is 342 g/mol. The molecule has 0 aromatic heterocycles. The highest BCUT2D eigenvalue weighted by atomic mass is 19.4. The fourth-order valence-corrected chi connectivity index (χ4v) is 1.93. The third-order valence-electron chi connectivity index (χ3n) is 2.97. The van der Waals surface area contributed by atoms with Gasteiger partial charge >= 0.3 is 12.4 Å². The first-order chi connectivity index (χ1) is 10.3. The molecule has 2 amide bonds. The zero-order valence-corrected chi connectivity index (χ0v) is 11.7. The Balaban J connectivity index is 3.24. The number of benzene rings is 1. The van der Waals surface area contributed by atoms with Gasteiger partial charge in [0.05, 0.1) is 17.0 Å². The number of rotatable bonds is 4. The highest BCUT2D eigenvalue weighted by Gasteiger charge is 2.39. The van der Waals surface area contributed by atoms with E-state index in [2.05, 4.69) is 0 Å². The smallest absolute Gasteiger partial charge is 0.366 e. The van der Waals surface area contributed by atoms with E-state index in [0.29, 0.717) is 0 Å². The Morgan fingerprint density at radius 1 is 1.17 bits per heavy atom. The normalized spacial score (nSPS) is 13.5. The molecule has 23 heavy (non-hydrogen) atoms. The van der Waals surface area contributed by atoms with Gasteiger partial charge in [0.15, 0.2) is 0 Å². The number of hydrogen-bond donors (Lipinski definition) is 2. The predicted octanol–water partition coefficient (Wildman–Crippen LogP) is 2.59. The number of carbonyl (C=O) groups is 2. The largest absolute Gasteiger partial charge is 0.417 e. The molecule has 1 aromatic carbocycles. The maximum atomic E-state index is 13.1. The zero-order valence-electron chi connectivity index (χ0n) is 11.7. The first kappa shape index (κ1) is 18.8. The topological polar surface area (TPSA) is 72.2 Å². The van der Waals surface area contributed by atoms with Crippen molar-refractivity contribution in [2.24, 2.45) is 5.73 Å². The molecule has 0 saturated heterocycles. The van der Waals surface area contributed by atoms with Gasteiger partial charge in [-0.1, -0.05) is 12.1 Å². The summed E-state index contributed by atoms with van der Waals surface area (Å²) in [6.07, 6.45) is -9.70. The molecule has 0 bridgehead atoms. The highest BCUT2D eigenvalue weighted by molar-refractivity contribution is 5.95. The van der Waals surface area contributed by atoms with Gasteiger partial charge in [-0.3, -0.25) is 9.59 Å². The van der Waals surface area contributed by atoms with E-state index >= 15 is 0 Å². The summed E-state index contributed by atoms with van der Waals surface area (Å²) < 4.78 is 75.6. The van der Waals surface area contributed by atoms with Crippen LogP contribution in [0.1, 0.15) is 34.3 Å². The molecule has 128 valence electrons. The van der Waals surface area contributed by atoms with Crippen molar-refractivity contribution in [1.82, 2.24) is 5.32 Å². The van der Waals surface area contributed by atoms with Gasteiger partial charge in [0.1, 0.15) is 6.54 Å². The number of carbonyl (C=O) groups excluding carboxylic acids is 2. The number of hydrogen-bond acceptors (Lipinski definition) is 2. The fourth-order valence-electron chi connectivity index (χ4n) is 1.93. The van der Waals surface area contributed by atoms with E-state index < -0.39 is 53.3 Å². The van der Waals surface area contributed by atoms with Crippen molar-refractivity contribution in [1.29, 1.82) is 0 Å². The van der Waals surface area contributed by atoms with Crippen LogP contribution in [-0.4, -0.2) is 24.5 Å². The Hall–Kier alpha value is -2.26. The molecule has 0 unspecified atom stereocenters. The molecular formula is C13H12F6N2O2. The van der Waals surface area contributed by atoms with Gasteiger partial charge < -0.3 is 11.1 Å². The predicted molar refractivity (Wildman–Crippen MR) is 67.4 cm³/mol. The fraction of sp³-hybridized carbons (Fsp3) is 0.385. The number of nitrogens with two attached hydrogens (primary N) is 1. The minimum Gasteiger partial charge on any atom is -0.366 e. The molecule has 0 spiro atoms. The summed E-state index contributed by atoms with van der Waals surface area (Å²) in [6, 6.07) is 2.81. The lowest BCUT2D eigenvalue weighted by atomic mass is 9.91. The van der Waals surface area contributed by atoms with Gasteiger partial charge in [-0.25, -0.2) is 0 Å². The Morgan fingerprint density at radius 3 is 2.17 bits per heavy atom. The van der Waals surface area contributed by atoms with Crippen molar-refractivity contribution < 1.29 is 35.9 Å². The Labute approximate surface area is 126 Å². The van der Waals surface area contributed by atoms with E-state index in [0.717, 1.165) is 25.1 Å². The minimum atomic E-state index is -5.00. The van der Waals surface area contributed by atoms with Gasteiger partial charge in [0.2, 0.25) is 11.8 Å². The maximum absolute atomic E-state index is 13.1. The van der Waals surface area contributed by atoms with Crippen LogP contribution in [0.2, 0.25) is 0 Å². The molecule has 10 heteroatoms. The molecule has 0 aliphatic heterocycles. The van der Waals surface area contributed by atoms with Crippen LogP contribution in [-0.2, 0) is 11.0 Å². The van der Waals surface area contributed by atoms with E-state index in [1.54, 1.807) is 0 Å². The molecule has 0 fully saturated rings. The summed E-state index contributed by atoms with van der Waals surface area (Å²) >= 11 is 0. The number of amides is 2. The van der Waals surface area contributed by atoms with E-state index in [-0.39, 0.29) is 0 Å². The van der Waals surface area contributed by atoms with Gasteiger partial charge in [0, 0.05) is 0 Å². The minimum absolute atomic E-state index is 0.631. The first-order valence-corrected chi connectivity index (χ1v) is 6.19. The lowest BCUT2D eigenvalue weighted by molar-refractivity contribution is -0.141. The number of alkyl halides is 6. The summed E-state index contributed by atoms with van der Waals surface area (Å²) in [4.78, 5) is 22.8. The van der Waals surface area contributed by atoms with E-state index in [1.807, 2.05) is 0 Å². The van der Waals surface area contributed by atoms with Crippen molar-refractivity contribution >= 4 is 11.8 Å². The summed E-state index contributed by atoms with van der Waals surface area (Å²) in [7, 11) is 0. The van der Waals surface area contributed by atoms with Crippen LogP contribution >= 0.6 is 0 Å². The van der Waals surface area contributed by atoms with Gasteiger partial charge in [-0.15, -0.1) is 0 Å². The first-order valence-electron chi connectivity index (χ1n) is 6.19. The van der Waals surface area contributed by atoms with E-state index in [1.165, 1.54) is 5.32 Å². The Bertz CT molecular complexity index is 609. The van der Waals surface area contributed by atoms with Gasteiger partial charge in [0.25, 0.3) is 0 Å². The van der Waals surface area contributed by atoms with Crippen molar-refractivity contribution in [3.8, 4) is 0 Å². The second-order valence-electron chi connectivity index (χ2n) is 4.69. The Kier molecular flexibility index (Phi) is 5.28. The van der Waals surface area contributed by atoms with Crippen LogP contribution in [0.15, 0.2) is 18.2 Å². The standard InChI is InChI=1S/C13H12F6N2O2/c1-6(11(23)21-5-12(14,15)16)7-3-2-4-8(10(20)22)9(7)13(17,18)19/h2-4,6H,5H2,1H3,(H2,20,22)(H,21,23)/t6-/m1/s1. The zero-order chi connectivity index (χ0) is 18.0. The Morgan fingerprint density at radius 2 is 1.74 bits per heavy atom. The third kappa shape index (κ3) is 4.86. The lowest BCUT2D eigenvalue weighted by Crippen LogP contribution is -2.36. The molecule has 1 aromatic rings. The molecule has 0 saturated carbocycles. The average Bonchev–Trinajstić information content (AvgIpc) is 2.41. The van der Waals surface area contributed by atoms with Crippen LogP contribution in [0.3, 0.4) is 0 Å². The van der Waals surface area contributed by atoms with Crippen molar-refractivity contribution in [3.05, 3.63) is 34.9 Å². The molecule has 4 nitrogen and oxygen atoms in total. The quantitative estimate of drug-likeness (QED) is 0.826. The highest BCUT2D eigenvalue weighted by Crippen LogP contribution is 2.37. The third-order valence-corrected chi connectivity index (χ3v) is 2.97. The second-order valence-corrected chi connectivity index (χ2v) is 4.69. The molecule has 3 N–H and O–H groups in total. The second kappa shape index (κ2) is 6.47. The van der Waals surface area contributed by atoms with Gasteiger partial charge in [-0.2, -0.15) is 26.3 Å². The van der Waals surface area contributed by atoms with E-state index in [4.69, 9.17) is 5.73 Å². The molecule has 0 heterocycles. The van der Waals surface area contributed by atoms with E-state index in [9.17, 15) is 35.9 Å². The summed E-state index contributed by atoms with van der Waals surface area (Å²) in [6.45, 7) is -0.673. The van der Waals surface area contributed by atoms with Crippen LogP contribution in [0.25, 0.3) is 0 Å². The number of primary amides is 1. The van der Waals surface area contributed by atoms with Crippen molar-refractivity contribution in [3.63, 3.8) is 0 Å². The number of halogens is 6. The van der Waals surface area contributed by atoms with Crippen LogP contribution in [0.4, 0.5) is 26.3 Å². The molecule has 1 rings (SSSR count). The van der Waals surface area contributed by atoms with Crippen LogP contribution < -0.4 is 11.1 Å². The van der Waals surface area contributed by atoms with Crippen molar-refractivity contribution in [2.45, 2.75) is 25.2 Å². The molecule has 0 aliphatic rings. The summed E-state index contributed by atoms with van der Waals surface area (Å²) in [5, 5.41) is 1.50. The molecule has 0 radical (unpaired) electrons. The molecule has 0 aliphatic carbocycles. The summed E-state index contributed by atoms with van der Waals surface area (Å²) in [5.74, 6) is -4.18. The van der Waals surface area contributed by atoms with Crippen molar-refractivity contribution in [2.75, 3.05) is 6.54 Å². The SMILES string of the molecule is C[C@@H](C(=O)NCC(F)(F)F)c1cccc(C(N)=O)c1C(F)(F)F. The monoisotopic (exact) mass is 342 g/mol. The maximum Gasteiger partial charge on any atom is 0.417 e. The van der Waals surface area contributed by atoms with Gasteiger partial charge in [-0.05, 0) is 18.6 Å². The number of nitrogens with one attached hydrogen (secondary N) is 1. The summed E-state index contributed by atoms with van der Waals surface area (Å²) in [5.41, 5.74) is 1.97. The lowest BCUT2D eigenvalue weighted by Gasteiger charge is -2.20. The van der Waals surface area contributed by atoms with Crippen LogP contribution in [0.5, 0.6) is 0 Å². The van der Waals surface area contributed by atoms with Crippen LogP contribution in [0, 0.1) is 0 Å².